The molecule has 158 valence electrons. The fourth-order valence-electron chi connectivity index (χ4n) is 5.68. The lowest BCUT2D eigenvalue weighted by Gasteiger charge is -2.47. The molecular formula is C22H19ClFN5O2. The van der Waals surface area contributed by atoms with Crippen LogP contribution in [0.4, 0.5) is 4.39 Å². The fourth-order valence-corrected chi connectivity index (χ4v) is 5.91. The molecule has 3 aliphatic rings. The first-order chi connectivity index (χ1) is 15.0. The van der Waals surface area contributed by atoms with Crippen molar-refractivity contribution in [2.45, 2.75) is 31.7 Å². The lowest BCUT2D eigenvalue weighted by atomic mass is 9.61. The number of rotatable bonds is 3. The number of H-pyrrole nitrogens is 1. The lowest BCUT2D eigenvalue weighted by molar-refractivity contribution is -0.151. The number of hydrogen-bond acceptors (Lipinski definition) is 4. The Bertz CT molecular complexity index is 1340. The molecule has 3 saturated carbocycles. The Labute approximate surface area is 181 Å². The first-order valence-electron chi connectivity index (χ1n) is 10.4. The average molecular weight is 440 g/mol. The number of fused-ring (bicyclic) bond motifs is 5. The highest BCUT2D eigenvalue weighted by Crippen LogP contribution is 2.52. The number of carboxylic acids is 1. The second kappa shape index (κ2) is 6.75. The number of nitrogens with one attached hydrogen (secondary N) is 1. The van der Waals surface area contributed by atoms with Crippen LogP contribution in [0.1, 0.15) is 31.7 Å². The van der Waals surface area contributed by atoms with Gasteiger partial charge in [0, 0.05) is 29.5 Å². The summed E-state index contributed by atoms with van der Waals surface area (Å²) in [5, 5.41) is 11.8. The topological polar surface area (TPSA) is 96.7 Å². The van der Waals surface area contributed by atoms with Gasteiger partial charge in [0.2, 0.25) is 0 Å². The van der Waals surface area contributed by atoms with Crippen LogP contribution in [0.2, 0.25) is 5.02 Å². The van der Waals surface area contributed by atoms with Crippen LogP contribution >= 0.6 is 11.6 Å². The van der Waals surface area contributed by atoms with Crippen LogP contribution < -0.4 is 0 Å². The minimum absolute atomic E-state index is 0.174. The minimum Gasteiger partial charge on any atom is -0.481 e. The summed E-state index contributed by atoms with van der Waals surface area (Å²) < 4.78 is 15.7. The molecule has 7 rings (SSSR count). The van der Waals surface area contributed by atoms with Crippen LogP contribution in [0.25, 0.3) is 33.5 Å². The van der Waals surface area contributed by atoms with E-state index in [2.05, 4.69) is 15.0 Å². The van der Waals surface area contributed by atoms with Gasteiger partial charge in [-0.05, 0) is 43.6 Å². The summed E-state index contributed by atoms with van der Waals surface area (Å²) in [5.74, 6) is -0.789. The van der Waals surface area contributed by atoms with E-state index < -0.39 is 17.7 Å². The van der Waals surface area contributed by atoms with Gasteiger partial charge in [0.25, 0.3) is 0 Å². The molecule has 7 nitrogen and oxygen atoms in total. The largest absolute Gasteiger partial charge is 0.481 e. The van der Waals surface area contributed by atoms with E-state index in [0.29, 0.717) is 38.5 Å². The summed E-state index contributed by atoms with van der Waals surface area (Å²) in [6.07, 6.45) is 10.3. The summed E-state index contributed by atoms with van der Waals surface area (Å²) in [7, 11) is 0. The van der Waals surface area contributed by atoms with E-state index in [9.17, 15) is 14.3 Å². The van der Waals surface area contributed by atoms with Crippen molar-refractivity contribution in [3.05, 3.63) is 41.7 Å². The third-order valence-corrected chi connectivity index (χ3v) is 7.34. The highest BCUT2D eigenvalue weighted by molar-refractivity contribution is 6.35. The molecule has 0 radical (unpaired) electrons. The standard InChI is InChI=1S/C22H19ClFN5O2/c23-16-9-29(18-11-3-1-10(2-4-11)17(18)22(30)31)21-15(16)8-27-20(28-21)14-7-26-19-13(14)5-12(24)6-25-19/h5-11,17-18H,1-4H2,(H,25,26)(H,30,31)/t10?,11?,17-,18?/m0/s1. The summed E-state index contributed by atoms with van der Waals surface area (Å²) in [5.41, 5.74) is 1.79. The van der Waals surface area contributed by atoms with E-state index in [4.69, 9.17) is 16.6 Å². The Hall–Kier alpha value is -3.00. The summed E-state index contributed by atoms with van der Waals surface area (Å²) in [4.78, 5) is 28.5. The van der Waals surface area contributed by atoms with Crippen LogP contribution in [0.3, 0.4) is 0 Å². The molecule has 4 heterocycles. The van der Waals surface area contributed by atoms with Gasteiger partial charge >= 0.3 is 5.97 Å². The number of pyridine rings is 1. The van der Waals surface area contributed by atoms with Crippen LogP contribution in [-0.2, 0) is 4.79 Å². The van der Waals surface area contributed by atoms with Crippen molar-refractivity contribution in [1.82, 2.24) is 24.5 Å². The summed E-state index contributed by atoms with van der Waals surface area (Å²) >= 11 is 6.51. The maximum absolute atomic E-state index is 13.8. The molecule has 0 amide bonds. The predicted octanol–water partition coefficient (Wildman–Crippen LogP) is 4.83. The van der Waals surface area contributed by atoms with Gasteiger partial charge in [0.1, 0.15) is 17.1 Å². The van der Waals surface area contributed by atoms with Crippen LogP contribution in [-0.4, -0.2) is 35.6 Å². The minimum atomic E-state index is -0.759. The second-order valence-corrected chi connectivity index (χ2v) is 9.00. The molecule has 9 heteroatoms. The third-order valence-electron chi connectivity index (χ3n) is 7.04. The van der Waals surface area contributed by atoms with Crippen molar-refractivity contribution >= 4 is 39.6 Å². The van der Waals surface area contributed by atoms with Crippen molar-refractivity contribution in [2.75, 3.05) is 0 Å². The molecule has 1 unspecified atom stereocenters. The third kappa shape index (κ3) is 2.77. The van der Waals surface area contributed by atoms with E-state index >= 15 is 0 Å². The van der Waals surface area contributed by atoms with Gasteiger partial charge in [-0.2, -0.15) is 0 Å². The molecule has 0 aliphatic heterocycles. The molecule has 31 heavy (non-hydrogen) atoms. The Morgan fingerprint density at radius 2 is 1.94 bits per heavy atom. The Morgan fingerprint density at radius 3 is 2.71 bits per heavy atom. The van der Waals surface area contributed by atoms with E-state index in [0.717, 1.165) is 31.9 Å². The number of carboxylic acid groups (broad SMARTS) is 1. The predicted molar refractivity (Wildman–Crippen MR) is 113 cm³/mol. The highest BCUT2D eigenvalue weighted by atomic mass is 35.5. The van der Waals surface area contributed by atoms with Gasteiger partial charge in [-0.25, -0.2) is 19.3 Å². The Morgan fingerprint density at radius 1 is 1.16 bits per heavy atom. The van der Waals surface area contributed by atoms with Gasteiger partial charge in [-0.1, -0.05) is 11.6 Å². The number of hydrogen-bond donors (Lipinski definition) is 2. The van der Waals surface area contributed by atoms with Gasteiger partial charge < -0.3 is 14.7 Å². The number of halogens is 2. The van der Waals surface area contributed by atoms with E-state index in [1.807, 2.05) is 4.57 Å². The Balaban J connectivity index is 1.53. The average Bonchev–Trinajstić information content (AvgIpc) is 3.34. The highest BCUT2D eigenvalue weighted by Gasteiger charge is 2.48. The van der Waals surface area contributed by atoms with Gasteiger partial charge in [-0.15, -0.1) is 0 Å². The number of aliphatic carboxylic acids is 1. The monoisotopic (exact) mass is 439 g/mol. The smallest absolute Gasteiger partial charge is 0.308 e. The molecule has 0 spiro atoms. The van der Waals surface area contributed by atoms with Crippen molar-refractivity contribution in [2.24, 2.45) is 17.8 Å². The zero-order valence-corrected chi connectivity index (χ0v) is 17.2. The molecular weight excluding hydrogens is 421 g/mol. The van der Waals surface area contributed by atoms with Crippen LogP contribution in [0.5, 0.6) is 0 Å². The molecule has 4 aromatic heterocycles. The number of nitrogens with zero attached hydrogens (tertiary/aromatic N) is 4. The van der Waals surface area contributed by atoms with Gasteiger partial charge in [-0.3, -0.25) is 4.79 Å². The number of carbonyl (C=O) groups is 1. The van der Waals surface area contributed by atoms with Gasteiger partial charge in [0.15, 0.2) is 5.82 Å². The molecule has 2 bridgehead atoms. The maximum atomic E-state index is 13.8. The van der Waals surface area contributed by atoms with E-state index in [-0.39, 0.29) is 17.9 Å². The molecule has 0 aromatic carbocycles. The summed E-state index contributed by atoms with van der Waals surface area (Å²) in [6.45, 7) is 0. The molecule has 3 aliphatic carbocycles. The van der Waals surface area contributed by atoms with Crippen molar-refractivity contribution in [3.8, 4) is 11.4 Å². The number of aromatic amines is 1. The Kier molecular flexibility index (Phi) is 4.08. The zero-order chi connectivity index (χ0) is 21.3. The number of aromatic nitrogens is 5. The molecule has 3 fully saturated rings. The quantitative estimate of drug-likeness (QED) is 0.476. The van der Waals surface area contributed by atoms with Crippen molar-refractivity contribution in [3.63, 3.8) is 0 Å². The summed E-state index contributed by atoms with van der Waals surface area (Å²) in [6, 6.07) is 1.21. The zero-order valence-electron chi connectivity index (χ0n) is 16.4. The van der Waals surface area contributed by atoms with Crippen LogP contribution in [0.15, 0.2) is 30.9 Å². The van der Waals surface area contributed by atoms with E-state index in [1.54, 1.807) is 18.6 Å². The van der Waals surface area contributed by atoms with Crippen LogP contribution in [0, 0.1) is 23.6 Å². The fraction of sp³-hybridized carbons (Fsp3) is 0.364. The first kappa shape index (κ1) is 18.7. The van der Waals surface area contributed by atoms with E-state index in [1.165, 1.54) is 6.07 Å². The lowest BCUT2D eigenvalue weighted by Crippen LogP contribution is -2.44. The van der Waals surface area contributed by atoms with Crippen molar-refractivity contribution < 1.29 is 14.3 Å². The molecule has 4 aromatic rings. The van der Waals surface area contributed by atoms with Gasteiger partial charge in [0.05, 0.1) is 28.6 Å². The van der Waals surface area contributed by atoms with Crippen molar-refractivity contribution in [1.29, 1.82) is 0 Å². The maximum Gasteiger partial charge on any atom is 0.308 e. The SMILES string of the molecule is O=C(O)[C@H]1C2CCC(CC2)C1n1cc(Cl)c2cnc(-c3c[nH]c4ncc(F)cc34)nc21. The molecule has 0 saturated heterocycles. The molecule has 2 atom stereocenters. The molecule has 2 N–H and O–H groups in total. The normalized spacial score (nSPS) is 25.5. The first-order valence-corrected chi connectivity index (χ1v) is 10.8. The second-order valence-electron chi connectivity index (χ2n) is 8.60.